The van der Waals surface area contributed by atoms with E-state index in [9.17, 15) is 0 Å². The first-order chi connectivity index (χ1) is 7.74. The van der Waals surface area contributed by atoms with Gasteiger partial charge in [0.2, 0.25) is 0 Å². The van der Waals surface area contributed by atoms with Crippen LogP contribution < -0.4 is 5.32 Å². The molecule has 0 aliphatic rings. The van der Waals surface area contributed by atoms with E-state index in [0.717, 1.165) is 28.4 Å². The summed E-state index contributed by atoms with van der Waals surface area (Å²) in [6.07, 6.45) is 1.81. The van der Waals surface area contributed by atoms with Crippen LogP contribution in [0.15, 0.2) is 27.8 Å². The van der Waals surface area contributed by atoms with E-state index >= 15 is 0 Å². The van der Waals surface area contributed by atoms with Crippen LogP contribution in [0.2, 0.25) is 0 Å². The Labute approximate surface area is 109 Å². The Morgan fingerprint density at radius 3 is 3.12 bits per heavy atom. The van der Waals surface area contributed by atoms with Gasteiger partial charge in [0.1, 0.15) is 5.03 Å². The molecule has 1 atom stereocenters. The predicted molar refractivity (Wildman–Crippen MR) is 72.0 cm³/mol. The first-order valence-corrected chi connectivity index (χ1v) is 6.97. The van der Waals surface area contributed by atoms with Crippen molar-refractivity contribution in [1.82, 2.24) is 10.3 Å². The first kappa shape index (κ1) is 14.0. The standard InChI is InChI=1S/C11H17BrN2OS/c1-9(8-15-2)13-6-7-16-11-10(12)4-3-5-14-11/h3-5,9,13H,6-8H2,1-2H3. The third-order valence-electron chi connectivity index (χ3n) is 1.98. The van der Waals surface area contributed by atoms with Gasteiger partial charge in [-0.05, 0) is 35.0 Å². The maximum Gasteiger partial charge on any atom is 0.110 e. The molecule has 0 saturated heterocycles. The highest BCUT2D eigenvalue weighted by Crippen LogP contribution is 2.23. The zero-order chi connectivity index (χ0) is 11.8. The van der Waals surface area contributed by atoms with E-state index in [2.05, 4.69) is 33.2 Å². The minimum Gasteiger partial charge on any atom is -0.383 e. The lowest BCUT2D eigenvalue weighted by atomic mass is 10.4. The van der Waals surface area contributed by atoms with Crippen molar-refractivity contribution in [3.05, 3.63) is 22.8 Å². The highest BCUT2D eigenvalue weighted by atomic mass is 79.9. The average molecular weight is 305 g/mol. The van der Waals surface area contributed by atoms with Crippen molar-refractivity contribution >= 4 is 27.7 Å². The van der Waals surface area contributed by atoms with Gasteiger partial charge in [-0.25, -0.2) is 4.98 Å². The Kier molecular flexibility index (Phi) is 7.03. The number of ether oxygens (including phenoxy) is 1. The summed E-state index contributed by atoms with van der Waals surface area (Å²) < 4.78 is 6.11. The number of hydrogen-bond acceptors (Lipinski definition) is 4. The molecule has 0 radical (unpaired) electrons. The van der Waals surface area contributed by atoms with E-state index in [0.29, 0.717) is 6.04 Å². The molecule has 0 bridgehead atoms. The largest absolute Gasteiger partial charge is 0.383 e. The maximum absolute atomic E-state index is 5.05. The van der Waals surface area contributed by atoms with Crippen molar-refractivity contribution in [2.24, 2.45) is 0 Å². The molecule has 0 fully saturated rings. The number of methoxy groups -OCH3 is 1. The van der Waals surface area contributed by atoms with Crippen LogP contribution in [-0.2, 0) is 4.74 Å². The molecule has 3 nitrogen and oxygen atoms in total. The zero-order valence-electron chi connectivity index (χ0n) is 9.57. The number of pyridine rings is 1. The number of aromatic nitrogens is 1. The zero-order valence-corrected chi connectivity index (χ0v) is 12.0. The molecule has 0 saturated carbocycles. The molecule has 5 heteroatoms. The Hall–Kier alpha value is -0.100. The van der Waals surface area contributed by atoms with Crippen molar-refractivity contribution in [2.75, 3.05) is 26.0 Å². The van der Waals surface area contributed by atoms with Crippen molar-refractivity contribution < 1.29 is 4.74 Å². The maximum atomic E-state index is 5.05. The van der Waals surface area contributed by atoms with Crippen LogP contribution in [0.25, 0.3) is 0 Å². The fourth-order valence-electron chi connectivity index (χ4n) is 1.24. The second kappa shape index (κ2) is 8.06. The van der Waals surface area contributed by atoms with Gasteiger partial charge in [0, 0.05) is 36.1 Å². The minimum atomic E-state index is 0.401. The molecule has 0 amide bonds. The summed E-state index contributed by atoms with van der Waals surface area (Å²) >= 11 is 5.22. The van der Waals surface area contributed by atoms with Crippen LogP contribution in [0.5, 0.6) is 0 Å². The molecule has 1 heterocycles. The fourth-order valence-corrected chi connectivity index (χ4v) is 2.59. The van der Waals surface area contributed by atoms with E-state index < -0.39 is 0 Å². The van der Waals surface area contributed by atoms with Gasteiger partial charge in [-0.1, -0.05) is 0 Å². The highest BCUT2D eigenvalue weighted by molar-refractivity contribution is 9.10. The van der Waals surface area contributed by atoms with E-state index in [1.807, 2.05) is 18.3 Å². The molecular formula is C11H17BrN2OS. The number of halogens is 1. The van der Waals surface area contributed by atoms with Gasteiger partial charge < -0.3 is 10.1 Å². The molecular weight excluding hydrogens is 288 g/mol. The lowest BCUT2D eigenvalue weighted by molar-refractivity contribution is 0.173. The molecule has 1 N–H and O–H groups in total. The van der Waals surface area contributed by atoms with Gasteiger partial charge in [-0.15, -0.1) is 11.8 Å². The van der Waals surface area contributed by atoms with Crippen LogP contribution in [0.1, 0.15) is 6.92 Å². The van der Waals surface area contributed by atoms with Crippen LogP contribution in [0.4, 0.5) is 0 Å². The quantitative estimate of drug-likeness (QED) is 0.620. The number of rotatable bonds is 7. The predicted octanol–water partition coefficient (Wildman–Crippen LogP) is 2.56. The molecule has 0 aliphatic carbocycles. The van der Waals surface area contributed by atoms with E-state index in [1.165, 1.54) is 0 Å². The summed E-state index contributed by atoms with van der Waals surface area (Å²) in [6, 6.07) is 4.33. The summed E-state index contributed by atoms with van der Waals surface area (Å²) in [5, 5.41) is 4.43. The lowest BCUT2D eigenvalue weighted by Gasteiger charge is -2.12. The Morgan fingerprint density at radius 1 is 1.62 bits per heavy atom. The summed E-state index contributed by atoms with van der Waals surface area (Å²) in [4.78, 5) is 4.29. The normalized spacial score (nSPS) is 12.7. The molecule has 16 heavy (non-hydrogen) atoms. The third kappa shape index (κ3) is 5.30. The average Bonchev–Trinajstić information content (AvgIpc) is 2.27. The molecule has 0 aromatic carbocycles. The van der Waals surface area contributed by atoms with Gasteiger partial charge in [-0.2, -0.15) is 0 Å². The van der Waals surface area contributed by atoms with Crippen LogP contribution >= 0.6 is 27.7 Å². The van der Waals surface area contributed by atoms with Crippen molar-refractivity contribution in [2.45, 2.75) is 18.0 Å². The SMILES string of the molecule is COCC(C)NCCSc1ncccc1Br. The molecule has 1 aromatic rings. The van der Waals surface area contributed by atoms with Gasteiger partial charge in [0.15, 0.2) is 0 Å². The second-order valence-electron chi connectivity index (χ2n) is 3.45. The van der Waals surface area contributed by atoms with Gasteiger partial charge in [0.25, 0.3) is 0 Å². The Bertz CT molecular complexity index is 312. The summed E-state index contributed by atoms with van der Waals surface area (Å²) in [7, 11) is 1.72. The van der Waals surface area contributed by atoms with Crippen molar-refractivity contribution in [1.29, 1.82) is 0 Å². The molecule has 1 unspecified atom stereocenters. The topological polar surface area (TPSA) is 34.1 Å². The van der Waals surface area contributed by atoms with Gasteiger partial charge in [-0.3, -0.25) is 0 Å². The van der Waals surface area contributed by atoms with Gasteiger partial charge in [0.05, 0.1) is 6.61 Å². The molecule has 1 aromatic heterocycles. The second-order valence-corrected chi connectivity index (χ2v) is 5.39. The Morgan fingerprint density at radius 2 is 2.44 bits per heavy atom. The lowest BCUT2D eigenvalue weighted by Crippen LogP contribution is -2.31. The highest BCUT2D eigenvalue weighted by Gasteiger charge is 2.02. The number of thioether (sulfide) groups is 1. The minimum absolute atomic E-state index is 0.401. The van der Waals surface area contributed by atoms with Crippen LogP contribution in [-0.4, -0.2) is 37.0 Å². The summed E-state index contributed by atoms with van der Waals surface area (Å²) in [5.74, 6) is 1.00. The fraction of sp³-hybridized carbons (Fsp3) is 0.545. The molecule has 0 spiro atoms. The van der Waals surface area contributed by atoms with E-state index in [-0.39, 0.29) is 0 Å². The van der Waals surface area contributed by atoms with Gasteiger partial charge >= 0.3 is 0 Å². The molecule has 0 aliphatic heterocycles. The van der Waals surface area contributed by atoms with Crippen LogP contribution in [0, 0.1) is 0 Å². The number of nitrogens with zero attached hydrogens (tertiary/aromatic N) is 1. The van der Waals surface area contributed by atoms with E-state index in [4.69, 9.17) is 4.74 Å². The van der Waals surface area contributed by atoms with Crippen molar-refractivity contribution in [3.63, 3.8) is 0 Å². The summed E-state index contributed by atoms with van der Waals surface area (Å²) in [5.41, 5.74) is 0. The number of nitrogens with one attached hydrogen (secondary N) is 1. The monoisotopic (exact) mass is 304 g/mol. The molecule has 90 valence electrons. The molecule has 1 rings (SSSR count). The van der Waals surface area contributed by atoms with Crippen molar-refractivity contribution in [3.8, 4) is 0 Å². The van der Waals surface area contributed by atoms with Crippen LogP contribution in [0.3, 0.4) is 0 Å². The van der Waals surface area contributed by atoms with E-state index in [1.54, 1.807) is 18.9 Å². The summed E-state index contributed by atoms with van der Waals surface area (Å²) in [6.45, 7) is 3.82. The Balaban J connectivity index is 2.19. The third-order valence-corrected chi connectivity index (χ3v) is 3.88. The smallest absolute Gasteiger partial charge is 0.110 e. The first-order valence-electron chi connectivity index (χ1n) is 5.19. The number of hydrogen-bond donors (Lipinski definition) is 1.